The van der Waals surface area contributed by atoms with Gasteiger partial charge in [0.15, 0.2) is 0 Å². The number of rotatable bonds is 1. The number of nitrogens with zero attached hydrogens (tertiary/aromatic N) is 3. The van der Waals surface area contributed by atoms with Crippen LogP contribution < -0.4 is 0 Å². The molecule has 6 heteroatoms. The molecule has 0 unspecified atom stereocenters. The first-order valence-electron chi connectivity index (χ1n) is 6.01. The molecule has 0 radical (unpaired) electrons. The van der Waals surface area contributed by atoms with Gasteiger partial charge in [0.25, 0.3) is 0 Å². The first kappa shape index (κ1) is 11.0. The molecule has 1 fully saturated rings. The maximum atomic E-state index is 10.9. The van der Waals surface area contributed by atoms with Crippen LogP contribution in [0.25, 0.3) is 10.9 Å². The Morgan fingerprint density at radius 1 is 1.44 bits per heavy atom. The minimum absolute atomic E-state index is 0.355. The van der Waals surface area contributed by atoms with Crippen LogP contribution >= 0.6 is 0 Å². The monoisotopic (exact) mass is 246 g/mol. The van der Waals surface area contributed by atoms with Gasteiger partial charge in [-0.1, -0.05) is 0 Å². The van der Waals surface area contributed by atoms with Crippen LogP contribution in [0.2, 0.25) is 0 Å². The van der Waals surface area contributed by atoms with Crippen molar-refractivity contribution in [1.29, 1.82) is 0 Å². The van der Waals surface area contributed by atoms with Gasteiger partial charge >= 0.3 is 6.09 Å². The molecule has 0 spiro atoms. The number of aromatic amines is 1. The molecule has 0 aromatic carbocycles. The topological polar surface area (TPSA) is 82.1 Å². The first-order chi connectivity index (χ1) is 8.75. The van der Waals surface area contributed by atoms with Gasteiger partial charge in [-0.15, -0.1) is 0 Å². The van der Waals surface area contributed by atoms with Crippen LogP contribution in [0.4, 0.5) is 4.79 Å². The van der Waals surface area contributed by atoms with Crippen molar-refractivity contribution in [1.82, 2.24) is 20.1 Å². The maximum Gasteiger partial charge on any atom is 0.407 e. The standard InChI is InChI=1S/C12H14N4O2/c17-12(18)16-5-2-8(3-6-16)11-9-1-4-13-7-10(9)14-15-11/h1,4,7-8H,2-3,5-6H2,(H,14,15)(H,17,18). The summed E-state index contributed by atoms with van der Waals surface area (Å²) in [4.78, 5) is 16.4. The van der Waals surface area contributed by atoms with Gasteiger partial charge in [0.2, 0.25) is 0 Å². The van der Waals surface area contributed by atoms with Gasteiger partial charge in [-0.3, -0.25) is 10.1 Å². The molecular weight excluding hydrogens is 232 g/mol. The van der Waals surface area contributed by atoms with Crippen LogP contribution in [-0.4, -0.2) is 44.4 Å². The number of carboxylic acid groups (broad SMARTS) is 1. The summed E-state index contributed by atoms with van der Waals surface area (Å²) < 4.78 is 0. The quantitative estimate of drug-likeness (QED) is 0.804. The van der Waals surface area contributed by atoms with E-state index >= 15 is 0 Å². The summed E-state index contributed by atoms with van der Waals surface area (Å²) >= 11 is 0. The molecule has 2 aromatic rings. The van der Waals surface area contributed by atoms with E-state index in [0.717, 1.165) is 29.4 Å². The zero-order chi connectivity index (χ0) is 12.5. The lowest BCUT2D eigenvalue weighted by Gasteiger charge is -2.29. The van der Waals surface area contributed by atoms with Crippen molar-refractivity contribution in [2.24, 2.45) is 0 Å². The van der Waals surface area contributed by atoms with Crippen LogP contribution in [0.5, 0.6) is 0 Å². The average Bonchev–Trinajstić information content (AvgIpc) is 2.82. The van der Waals surface area contributed by atoms with E-state index in [1.165, 1.54) is 4.90 Å². The SMILES string of the molecule is O=C(O)N1CCC(c2[nH]nc3cnccc23)CC1. The number of piperidine rings is 1. The molecule has 0 bridgehead atoms. The van der Waals surface area contributed by atoms with E-state index in [4.69, 9.17) is 5.11 Å². The molecule has 18 heavy (non-hydrogen) atoms. The minimum atomic E-state index is -0.827. The Kier molecular flexibility index (Phi) is 2.62. The fourth-order valence-electron chi connectivity index (χ4n) is 2.55. The Bertz CT molecular complexity index is 572. The lowest BCUT2D eigenvalue weighted by molar-refractivity contribution is 0.132. The second-order valence-electron chi connectivity index (χ2n) is 4.57. The predicted molar refractivity (Wildman–Crippen MR) is 65.5 cm³/mol. The van der Waals surface area contributed by atoms with Crippen molar-refractivity contribution in [3.8, 4) is 0 Å². The fourth-order valence-corrected chi connectivity index (χ4v) is 2.55. The number of aromatic nitrogens is 3. The molecule has 0 aliphatic carbocycles. The summed E-state index contributed by atoms with van der Waals surface area (Å²) in [7, 11) is 0. The largest absolute Gasteiger partial charge is 0.465 e. The van der Waals surface area contributed by atoms with Crippen LogP contribution in [0, 0.1) is 0 Å². The zero-order valence-corrected chi connectivity index (χ0v) is 9.83. The third-order valence-electron chi connectivity index (χ3n) is 3.56. The van der Waals surface area contributed by atoms with E-state index in [-0.39, 0.29) is 0 Å². The summed E-state index contributed by atoms with van der Waals surface area (Å²) in [5.74, 6) is 0.355. The summed E-state index contributed by atoms with van der Waals surface area (Å²) in [6.07, 6.45) is 4.35. The second-order valence-corrected chi connectivity index (χ2v) is 4.57. The minimum Gasteiger partial charge on any atom is -0.465 e. The van der Waals surface area contributed by atoms with Crippen LogP contribution in [-0.2, 0) is 0 Å². The number of hydrogen-bond acceptors (Lipinski definition) is 3. The highest BCUT2D eigenvalue weighted by Gasteiger charge is 2.25. The predicted octanol–water partition coefficient (Wildman–Crippen LogP) is 1.82. The molecule has 6 nitrogen and oxygen atoms in total. The van der Waals surface area contributed by atoms with E-state index in [0.29, 0.717) is 19.0 Å². The summed E-state index contributed by atoms with van der Waals surface area (Å²) in [5.41, 5.74) is 1.98. The number of H-pyrrole nitrogens is 1. The second kappa shape index (κ2) is 4.29. The van der Waals surface area contributed by atoms with Gasteiger partial charge in [0.1, 0.15) is 5.52 Å². The Morgan fingerprint density at radius 2 is 2.22 bits per heavy atom. The highest BCUT2D eigenvalue weighted by atomic mass is 16.4. The fraction of sp³-hybridized carbons (Fsp3) is 0.417. The highest BCUT2D eigenvalue weighted by molar-refractivity contribution is 5.80. The highest BCUT2D eigenvalue weighted by Crippen LogP contribution is 2.30. The Balaban J connectivity index is 1.82. The van der Waals surface area contributed by atoms with Gasteiger partial charge in [0, 0.05) is 36.3 Å². The lowest BCUT2D eigenvalue weighted by Crippen LogP contribution is -2.36. The van der Waals surface area contributed by atoms with E-state index < -0.39 is 6.09 Å². The number of likely N-dealkylation sites (tertiary alicyclic amines) is 1. The Hall–Kier alpha value is -2.11. The van der Waals surface area contributed by atoms with E-state index in [1.807, 2.05) is 6.07 Å². The smallest absolute Gasteiger partial charge is 0.407 e. The van der Waals surface area contributed by atoms with E-state index in [1.54, 1.807) is 12.4 Å². The third-order valence-corrected chi connectivity index (χ3v) is 3.56. The maximum absolute atomic E-state index is 10.9. The van der Waals surface area contributed by atoms with Crippen molar-refractivity contribution >= 4 is 17.0 Å². The number of fused-ring (bicyclic) bond motifs is 1. The van der Waals surface area contributed by atoms with Crippen molar-refractivity contribution in [2.75, 3.05) is 13.1 Å². The number of amides is 1. The van der Waals surface area contributed by atoms with E-state index in [2.05, 4.69) is 15.2 Å². The molecular formula is C12H14N4O2. The Morgan fingerprint density at radius 3 is 2.94 bits per heavy atom. The van der Waals surface area contributed by atoms with Crippen molar-refractivity contribution in [2.45, 2.75) is 18.8 Å². The van der Waals surface area contributed by atoms with Crippen LogP contribution in [0.15, 0.2) is 18.5 Å². The van der Waals surface area contributed by atoms with Gasteiger partial charge in [-0.2, -0.15) is 5.10 Å². The number of hydrogen-bond donors (Lipinski definition) is 2. The average molecular weight is 246 g/mol. The molecule has 3 heterocycles. The molecule has 0 atom stereocenters. The molecule has 1 aliphatic rings. The number of pyridine rings is 1. The number of nitrogens with one attached hydrogen (secondary N) is 1. The van der Waals surface area contributed by atoms with Crippen LogP contribution in [0.3, 0.4) is 0 Å². The summed E-state index contributed by atoms with van der Waals surface area (Å²) in [6.45, 7) is 1.18. The molecule has 3 rings (SSSR count). The zero-order valence-electron chi connectivity index (χ0n) is 9.83. The van der Waals surface area contributed by atoms with Gasteiger partial charge in [-0.25, -0.2) is 4.79 Å². The summed E-state index contributed by atoms with van der Waals surface area (Å²) in [5, 5.41) is 17.3. The van der Waals surface area contributed by atoms with Crippen LogP contribution in [0.1, 0.15) is 24.5 Å². The lowest BCUT2D eigenvalue weighted by atomic mass is 9.92. The normalized spacial score (nSPS) is 17.2. The molecule has 0 saturated carbocycles. The van der Waals surface area contributed by atoms with Crippen molar-refractivity contribution in [3.63, 3.8) is 0 Å². The van der Waals surface area contributed by atoms with Crippen molar-refractivity contribution in [3.05, 3.63) is 24.2 Å². The molecule has 2 aromatic heterocycles. The summed E-state index contributed by atoms with van der Waals surface area (Å²) in [6, 6.07) is 1.96. The molecule has 2 N–H and O–H groups in total. The van der Waals surface area contributed by atoms with E-state index in [9.17, 15) is 4.79 Å². The molecule has 1 aliphatic heterocycles. The third kappa shape index (κ3) is 1.79. The first-order valence-corrected chi connectivity index (χ1v) is 6.01. The molecule has 1 amide bonds. The van der Waals surface area contributed by atoms with Gasteiger partial charge in [-0.05, 0) is 18.9 Å². The Labute approximate surface area is 104 Å². The molecule has 1 saturated heterocycles. The van der Waals surface area contributed by atoms with Crippen molar-refractivity contribution < 1.29 is 9.90 Å². The van der Waals surface area contributed by atoms with Gasteiger partial charge < -0.3 is 10.0 Å². The number of carbonyl (C=O) groups is 1. The van der Waals surface area contributed by atoms with Gasteiger partial charge in [0.05, 0.1) is 6.20 Å². The molecule has 94 valence electrons.